The molecular formula is C30H28N2O7. The number of anilines is 1. The highest BCUT2D eigenvalue weighted by Gasteiger charge is 2.07. The Bertz CT molecular complexity index is 1410. The lowest BCUT2D eigenvalue weighted by Crippen LogP contribution is -2.07. The van der Waals surface area contributed by atoms with Crippen LogP contribution in [0.2, 0.25) is 0 Å². The summed E-state index contributed by atoms with van der Waals surface area (Å²) >= 11 is 0. The summed E-state index contributed by atoms with van der Waals surface area (Å²) in [5, 5.41) is 2.69. The molecule has 200 valence electrons. The van der Waals surface area contributed by atoms with E-state index in [0.717, 1.165) is 17.2 Å². The van der Waals surface area contributed by atoms with Gasteiger partial charge in [-0.2, -0.15) is 0 Å². The number of hydrogen-bond donors (Lipinski definition) is 1. The van der Waals surface area contributed by atoms with Crippen LogP contribution in [0.4, 0.5) is 11.4 Å². The zero-order valence-electron chi connectivity index (χ0n) is 21.8. The summed E-state index contributed by atoms with van der Waals surface area (Å²) in [6.07, 6.45) is 5.65. The average molecular weight is 529 g/mol. The van der Waals surface area contributed by atoms with E-state index in [2.05, 4.69) is 16.9 Å². The van der Waals surface area contributed by atoms with Crippen LogP contribution in [0.5, 0.6) is 17.2 Å². The molecule has 0 bridgehead atoms. The lowest BCUT2D eigenvalue weighted by Gasteiger charge is -2.09. The minimum atomic E-state index is -0.557. The van der Waals surface area contributed by atoms with Gasteiger partial charge in [-0.15, -0.1) is 0 Å². The Hall–Kier alpha value is -5.18. The molecule has 9 heteroatoms. The van der Waals surface area contributed by atoms with Gasteiger partial charge < -0.3 is 24.3 Å². The lowest BCUT2D eigenvalue weighted by molar-refractivity contribution is -0.144. The summed E-state index contributed by atoms with van der Waals surface area (Å²) < 4.78 is 20.8. The second-order valence-electron chi connectivity index (χ2n) is 8.10. The van der Waals surface area contributed by atoms with Crippen LogP contribution in [0.15, 0.2) is 84.4 Å². The fourth-order valence-corrected chi connectivity index (χ4v) is 3.28. The molecule has 0 atom stereocenters. The van der Waals surface area contributed by atoms with E-state index < -0.39 is 11.9 Å². The first-order valence-electron chi connectivity index (χ1n) is 11.8. The first-order chi connectivity index (χ1) is 18.8. The van der Waals surface area contributed by atoms with Gasteiger partial charge in [0.25, 0.3) is 0 Å². The molecule has 0 saturated carbocycles. The van der Waals surface area contributed by atoms with Gasteiger partial charge in [-0.1, -0.05) is 12.6 Å². The molecule has 1 N–H and O–H groups in total. The fraction of sp³-hybridized carbons (Fsp3) is 0.133. The van der Waals surface area contributed by atoms with Gasteiger partial charge in [-0.3, -0.25) is 9.79 Å². The van der Waals surface area contributed by atoms with Gasteiger partial charge >= 0.3 is 11.9 Å². The van der Waals surface area contributed by atoms with E-state index in [1.165, 1.54) is 20.1 Å². The maximum atomic E-state index is 12.3. The van der Waals surface area contributed by atoms with Gasteiger partial charge in [0.15, 0.2) is 0 Å². The number of methoxy groups -OCH3 is 1. The van der Waals surface area contributed by atoms with Crippen molar-refractivity contribution in [2.45, 2.75) is 13.8 Å². The van der Waals surface area contributed by atoms with Crippen molar-refractivity contribution >= 4 is 41.5 Å². The number of aryl methyl sites for hydroxylation is 1. The first kappa shape index (κ1) is 28.4. The number of amides is 1. The van der Waals surface area contributed by atoms with Crippen molar-refractivity contribution in [3.63, 3.8) is 0 Å². The molecule has 0 heterocycles. The number of hydrogen-bond acceptors (Lipinski definition) is 8. The summed E-state index contributed by atoms with van der Waals surface area (Å²) in [6.45, 7) is 6.38. The molecule has 3 rings (SSSR count). The molecule has 0 aliphatic heterocycles. The molecule has 0 saturated heterocycles. The van der Waals surface area contributed by atoms with Crippen molar-refractivity contribution in [3.05, 3.63) is 96.1 Å². The standard InChI is InChI=1S/C30H28N2O7/c1-5-29(34)38-19-37-24-10-6-23(7-11-24)18-31-26-13-12-25(16-20(26)2)39-30(35)15-9-22-8-14-28(36-4)27(17-22)32-21(3)33/h5-18H,1,19H2,2-4H3,(H,32,33)/b15-9+,31-18?. The van der Waals surface area contributed by atoms with Crippen molar-refractivity contribution in [2.75, 3.05) is 19.2 Å². The smallest absolute Gasteiger partial charge is 0.336 e. The summed E-state index contributed by atoms with van der Waals surface area (Å²) in [7, 11) is 1.51. The molecule has 0 radical (unpaired) electrons. The van der Waals surface area contributed by atoms with Crippen LogP contribution >= 0.6 is 0 Å². The number of rotatable bonds is 11. The summed E-state index contributed by atoms with van der Waals surface area (Å²) in [5.74, 6) is 0.0968. The Labute approximate surface area is 226 Å². The Balaban J connectivity index is 1.58. The van der Waals surface area contributed by atoms with Gasteiger partial charge in [0, 0.05) is 25.3 Å². The molecule has 0 aliphatic carbocycles. The molecule has 1 amide bonds. The molecule has 0 aliphatic rings. The quantitative estimate of drug-likeness (QED) is 0.117. The van der Waals surface area contributed by atoms with E-state index >= 15 is 0 Å². The number of nitrogens with one attached hydrogen (secondary N) is 1. The van der Waals surface area contributed by atoms with Crippen molar-refractivity contribution in [1.29, 1.82) is 0 Å². The second kappa shape index (κ2) is 13.9. The minimum absolute atomic E-state index is 0.203. The van der Waals surface area contributed by atoms with Crippen LogP contribution in [0, 0.1) is 6.92 Å². The molecular weight excluding hydrogens is 500 g/mol. The zero-order chi connectivity index (χ0) is 28.2. The van der Waals surface area contributed by atoms with Crippen LogP contribution in [0.1, 0.15) is 23.6 Å². The highest BCUT2D eigenvalue weighted by molar-refractivity contribution is 5.92. The zero-order valence-corrected chi connectivity index (χ0v) is 21.8. The van der Waals surface area contributed by atoms with Gasteiger partial charge in [-0.05, 0) is 84.3 Å². The molecule has 3 aromatic rings. The Morgan fingerprint density at radius 3 is 2.33 bits per heavy atom. The van der Waals surface area contributed by atoms with E-state index in [4.69, 9.17) is 18.9 Å². The van der Waals surface area contributed by atoms with E-state index in [1.54, 1.807) is 60.8 Å². The van der Waals surface area contributed by atoms with Crippen molar-refractivity contribution < 1.29 is 33.3 Å². The molecule has 0 unspecified atom stereocenters. The molecule has 0 spiro atoms. The number of nitrogens with zero attached hydrogens (tertiary/aromatic N) is 1. The maximum absolute atomic E-state index is 12.3. The number of carbonyl (C=O) groups excluding carboxylic acids is 3. The van der Waals surface area contributed by atoms with E-state index in [0.29, 0.717) is 34.2 Å². The van der Waals surface area contributed by atoms with E-state index in [-0.39, 0.29) is 12.7 Å². The van der Waals surface area contributed by atoms with Crippen LogP contribution in [0.3, 0.4) is 0 Å². The SMILES string of the molecule is C=CC(=O)OCOc1ccc(C=Nc2ccc(OC(=O)/C=C/c3ccc(OC)c(NC(C)=O)c3)cc2C)cc1. The Morgan fingerprint density at radius 2 is 1.67 bits per heavy atom. The highest BCUT2D eigenvalue weighted by atomic mass is 16.7. The van der Waals surface area contributed by atoms with Gasteiger partial charge in [0.1, 0.15) is 17.2 Å². The maximum Gasteiger partial charge on any atom is 0.336 e. The molecule has 9 nitrogen and oxygen atoms in total. The first-order valence-corrected chi connectivity index (χ1v) is 11.8. The van der Waals surface area contributed by atoms with Crippen LogP contribution < -0.4 is 19.5 Å². The third-order valence-electron chi connectivity index (χ3n) is 5.16. The predicted octanol–water partition coefficient (Wildman–Crippen LogP) is 5.40. The van der Waals surface area contributed by atoms with Crippen molar-refractivity contribution in [2.24, 2.45) is 4.99 Å². The average Bonchev–Trinajstić information content (AvgIpc) is 2.92. The van der Waals surface area contributed by atoms with E-state index in [1.807, 2.05) is 19.1 Å². The van der Waals surface area contributed by atoms with Gasteiger partial charge in [0.2, 0.25) is 12.7 Å². The van der Waals surface area contributed by atoms with Gasteiger partial charge in [-0.25, -0.2) is 9.59 Å². The van der Waals surface area contributed by atoms with Gasteiger partial charge in [0.05, 0.1) is 18.5 Å². The second-order valence-corrected chi connectivity index (χ2v) is 8.10. The molecule has 0 fully saturated rings. The Kier molecular flexibility index (Phi) is 10.2. The number of ether oxygens (including phenoxy) is 4. The lowest BCUT2D eigenvalue weighted by atomic mass is 10.1. The van der Waals surface area contributed by atoms with Crippen molar-refractivity contribution in [1.82, 2.24) is 0 Å². The minimum Gasteiger partial charge on any atom is -0.495 e. The number of esters is 2. The molecule has 3 aromatic carbocycles. The van der Waals surface area contributed by atoms with Crippen LogP contribution in [-0.4, -0.2) is 38.0 Å². The normalized spacial score (nSPS) is 10.7. The van der Waals surface area contributed by atoms with Crippen LogP contribution in [0.25, 0.3) is 6.08 Å². The van der Waals surface area contributed by atoms with Crippen LogP contribution in [-0.2, 0) is 19.1 Å². The molecule has 0 aromatic heterocycles. The summed E-state index contributed by atoms with van der Waals surface area (Å²) in [4.78, 5) is 39.3. The number of benzene rings is 3. The third-order valence-corrected chi connectivity index (χ3v) is 5.16. The summed E-state index contributed by atoms with van der Waals surface area (Å²) in [6, 6.07) is 17.4. The number of carbonyl (C=O) groups is 3. The monoisotopic (exact) mass is 528 g/mol. The third kappa shape index (κ3) is 9.01. The van der Waals surface area contributed by atoms with Crippen molar-refractivity contribution in [3.8, 4) is 17.2 Å². The highest BCUT2D eigenvalue weighted by Crippen LogP contribution is 2.27. The largest absolute Gasteiger partial charge is 0.495 e. The topological polar surface area (TPSA) is 113 Å². The molecule has 39 heavy (non-hydrogen) atoms. The Morgan fingerprint density at radius 1 is 0.949 bits per heavy atom. The predicted molar refractivity (Wildman–Crippen MR) is 149 cm³/mol. The summed E-state index contributed by atoms with van der Waals surface area (Å²) in [5.41, 5.74) is 3.56. The number of aliphatic imine (C=N–C) groups is 1. The van der Waals surface area contributed by atoms with E-state index in [9.17, 15) is 14.4 Å². The fourth-order valence-electron chi connectivity index (χ4n) is 3.28.